The van der Waals surface area contributed by atoms with Crippen LogP contribution in [0.25, 0.3) is 16.9 Å². The number of imidazole rings is 1. The van der Waals surface area contributed by atoms with Crippen molar-refractivity contribution in [1.82, 2.24) is 24.6 Å². The Morgan fingerprint density at radius 2 is 1.67 bits per heavy atom. The third kappa shape index (κ3) is 4.90. The molecule has 0 bridgehead atoms. The predicted molar refractivity (Wildman–Crippen MR) is 141 cm³/mol. The lowest BCUT2D eigenvalue weighted by Gasteiger charge is -2.21. The van der Waals surface area contributed by atoms with Gasteiger partial charge in [-0.25, -0.2) is 27.9 Å². The number of nitrogens with one attached hydrogen (secondary N) is 2. The highest BCUT2D eigenvalue weighted by Crippen LogP contribution is 2.31. The van der Waals surface area contributed by atoms with Gasteiger partial charge < -0.3 is 10.2 Å². The Hall–Kier alpha value is -3.92. The number of nitrogens with zero attached hydrogens (tertiary/aromatic N) is 4. The van der Waals surface area contributed by atoms with Crippen molar-refractivity contribution in [3.63, 3.8) is 0 Å². The van der Waals surface area contributed by atoms with E-state index in [2.05, 4.69) is 10.0 Å². The molecule has 36 heavy (non-hydrogen) atoms. The van der Waals surface area contributed by atoms with Crippen molar-refractivity contribution in [3.05, 3.63) is 77.0 Å². The van der Waals surface area contributed by atoms with Crippen LogP contribution in [-0.4, -0.2) is 43.1 Å². The van der Waals surface area contributed by atoms with E-state index < -0.39 is 22.1 Å². The molecule has 0 aliphatic rings. The summed E-state index contributed by atoms with van der Waals surface area (Å²) in [5, 5.41) is 2.76. The average Bonchev–Trinajstić information content (AvgIpc) is 3.19. The van der Waals surface area contributed by atoms with Crippen molar-refractivity contribution in [1.29, 1.82) is 0 Å². The second-order valence-electron chi connectivity index (χ2n) is 9.07. The Kier molecular flexibility index (Phi) is 6.73. The summed E-state index contributed by atoms with van der Waals surface area (Å²) in [6, 6.07) is 14.6. The van der Waals surface area contributed by atoms with Crippen molar-refractivity contribution < 1.29 is 13.2 Å². The lowest BCUT2D eigenvalue weighted by molar-refractivity contribution is 0.243. The molecule has 0 aliphatic carbocycles. The van der Waals surface area contributed by atoms with Crippen LogP contribution in [0.4, 0.5) is 10.7 Å². The quantitative estimate of drug-likeness (QED) is 0.406. The first-order valence-electron chi connectivity index (χ1n) is 11.5. The molecule has 10 heteroatoms. The Bertz CT molecular complexity index is 1540. The SMILES string of the molecule is Cc1ccc(S(=O)(=O)NC(=O)NC(C)c2ccccc2-n2c(N(C)C)nc3c(C)cc(C)nc32)cc1. The summed E-state index contributed by atoms with van der Waals surface area (Å²) < 4.78 is 29.4. The molecule has 2 aromatic carbocycles. The fraction of sp³-hybridized carbons (Fsp3) is 0.269. The average molecular weight is 507 g/mol. The van der Waals surface area contributed by atoms with Crippen molar-refractivity contribution >= 4 is 33.2 Å². The van der Waals surface area contributed by atoms with Gasteiger partial charge in [0.05, 0.1) is 16.6 Å². The predicted octanol–water partition coefficient (Wildman–Crippen LogP) is 4.16. The number of hydrogen-bond acceptors (Lipinski definition) is 6. The lowest BCUT2D eigenvalue weighted by Crippen LogP contribution is -2.40. The number of urea groups is 1. The molecule has 0 spiro atoms. The maximum atomic E-state index is 12.7. The molecule has 0 radical (unpaired) electrons. The molecule has 2 N–H and O–H groups in total. The molecular formula is C26H30N6O3S. The number of aromatic nitrogens is 3. The number of aryl methyl sites for hydroxylation is 3. The Balaban J connectivity index is 1.69. The van der Waals surface area contributed by atoms with E-state index in [0.29, 0.717) is 11.6 Å². The van der Waals surface area contributed by atoms with E-state index in [4.69, 9.17) is 9.97 Å². The van der Waals surface area contributed by atoms with Gasteiger partial charge in [0.15, 0.2) is 5.65 Å². The minimum atomic E-state index is -4.01. The van der Waals surface area contributed by atoms with Crippen molar-refractivity contribution in [2.24, 2.45) is 0 Å². The van der Waals surface area contributed by atoms with Gasteiger partial charge in [0.2, 0.25) is 5.95 Å². The van der Waals surface area contributed by atoms with Crippen molar-refractivity contribution in [2.75, 3.05) is 19.0 Å². The van der Waals surface area contributed by atoms with Crippen LogP contribution in [0.3, 0.4) is 0 Å². The normalized spacial score (nSPS) is 12.4. The molecule has 0 fully saturated rings. The number of hydrogen-bond donors (Lipinski definition) is 2. The highest BCUT2D eigenvalue weighted by molar-refractivity contribution is 7.90. The Labute approximate surface area is 211 Å². The standard InChI is InChI=1S/C26H30N6O3S/c1-16-11-13-20(14-12-16)36(34,35)30-25(33)28-19(4)21-9-7-8-10-22(21)32-24-23(29-26(32)31(5)6)17(2)15-18(3)27-24/h7-15,19H,1-6H3,(H2,28,30,33). The summed E-state index contributed by atoms with van der Waals surface area (Å²) in [4.78, 5) is 24.2. The number of sulfonamides is 1. The maximum absolute atomic E-state index is 12.7. The van der Waals surface area contributed by atoms with Crippen molar-refractivity contribution in [3.8, 4) is 5.69 Å². The summed E-state index contributed by atoms with van der Waals surface area (Å²) >= 11 is 0. The summed E-state index contributed by atoms with van der Waals surface area (Å²) in [7, 11) is -0.187. The van der Waals surface area contributed by atoms with Crippen LogP contribution in [0.15, 0.2) is 59.5 Å². The van der Waals surface area contributed by atoms with Crippen LogP contribution < -0.4 is 14.9 Å². The first kappa shape index (κ1) is 25.2. The second kappa shape index (κ2) is 9.62. The second-order valence-corrected chi connectivity index (χ2v) is 10.7. The molecule has 188 valence electrons. The minimum absolute atomic E-state index is 0.0219. The van der Waals surface area contributed by atoms with Gasteiger partial charge >= 0.3 is 6.03 Å². The van der Waals surface area contributed by atoms with E-state index in [1.807, 2.05) is 74.7 Å². The van der Waals surface area contributed by atoms with Gasteiger partial charge in [0, 0.05) is 19.8 Å². The summed E-state index contributed by atoms with van der Waals surface area (Å²) in [5.41, 5.74) is 5.88. The first-order valence-corrected chi connectivity index (χ1v) is 13.0. The molecule has 9 nitrogen and oxygen atoms in total. The Morgan fingerprint density at radius 1 is 1.00 bits per heavy atom. The molecule has 4 aromatic rings. The number of fused-ring (bicyclic) bond motifs is 1. The van der Waals surface area contributed by atoms with Gasteiger partial charge in [-0.15, -0.1) is 0 Å². The lowest BCUT2D eigenvalue weighted by atomic mass is 10.1. The highest BCUT2D eigenvalue weighted by atomic mass is 32.2. The zero-order valence-electron chi connectivity index (χ0n) is 21.2. The zero-order chi connectivity index (χ0) is 26.2. The maximum Gasteiger partial charge on any atom is 0.329 e. The smallest absolute Gasteiger partial charge is 0.329 e. The number of carbonyl (C=O) groups is 1. The van der Waals surface area contributed by atoms with Crippen LogP contribution in [0.5, 0.6) is 0 Å². The van der Waals surface area contributed by atoms with Crippen LogP contribution in [0, 0.1) is 20.8 Å². The largest absolute Gasteiger partial charge is 0.348 e. The molecule has 0 aliphatic heterocycles. The topological polar surface area (TPSA) is 109 Å². The molecule has 2 aromatic heterocycles. The molecular weight excluding hydrogens is 476 g/mol. The van der Waals surface area contributed by atoms with Gasteiger partial charge in [-0.3, -0.25) is 4.57 Å². The van der Waals surface area contributed by atoms with E-state index in [-0.39, 0.29) is 4.90 Å². The van der Waals surface area contributed by atoms with Crippen LogP contribution in [0.2, 0.25) is 0 Å². The summed E-state index contributed by atoms with van der Waals surface area (Å²) in [6.45, 7) is 7.60. The number of rotatable bonds is 6. The molecule has 1 atom stereocenters. The zero-order valence-corrected chi connectivity index (χ0v) is 22.0. The van der Waals surface area contributed by atoms with Crippen LogP contribution >= 0.6 is 0 Å². The van der Waals surface area contributed by atoms with Crippen LogP contribution in [-0.2, 0) is 10.0 Å². The first-order chi connectivity index (χ1) is 17.0. The number of carbonyl (C=O) groups excluding carboxylic acids is 1. The molecule has 4 rings (SSSR count). The minimum Gasteiger partial charge on any atom is -0.348 e. The van der Waals surface area contributed by atoms with Gasteiger partial charge in [-0.2, -0.15) is 0 Å². The molecule has 1 unspecified atom stereocenters. The van der Waals surface area contributed by atoms with E-state index in [1.165, 1.54) is 12.1 Å². The molecule has 2 amide bonds. The number of amides is 2. The fourth-order valence-corrected chi connectivity index (χ4v) is 5.05. The van der Waals surface area contributed by atoms with Crippen molar-refractivity contribution in [2.45, 2.75) is 38.6 Å². The number of para-hydroxylation sites is 1. The summed E-state index contributed by atoms with van der Waals surface area (Å²) in [6.07, 6.45) is 0. The monoisotopic (exact) mass is 506 g/mol. The van der Waals surface area contributed by atoms with Crippen LogP contribution in [0.1, 0.15) is 35.3 Å². The van der Waals surface area contributed by atoms with Gasteiger partial charge in [-0.1, -0.05) is 35.9 Å². The van der Waals surface area contributed by atoms with E-state index in [0.717, 1.165) is 33.6 Å². The number of anilines is 1. The van der Waals surface area contributed by atoms with Gasteiger partial charge in [0.1, 0.15) is 5.52 Å². The Morgan fingerprint density at radius 3 is 2.33 bits per heavy atom. The summed E-state index contributed by atoms with van der Waals surface area (Å²) in [5.74, 6) is 0.692. The van der Waals surface area contributed by atoms with Gasteiger partial charge in [-0.05, 0) is 63.1 Å². The third-order valence-corrected chi connectivity index (χ3v) is 7.21. The molecule has 2 heterocycles. The highest BCUT2D eigenvalue weighted by Gasteiger charge is 2.23. The molecule has 0 saturated heterocycles. The fourth-order valence-electron chi connectivity index (χ4n) is 4.13. The van der Waals surface area contributed by atoms with E-state index in [1.54, 1.807) is 19.1 Å². The number of benzene rings is 2. The number of pyridine rings is 1. The molecule has 0 saturated carbocycles. The third-order valence-electron chi connectivity index (χ3n) is 5.87. The van der Waals surface area contributed by atoms with E-state index in [9.17, 15) is 13.2 Å². The van der Waals surface area contributed by atoms with E-state index >= 15 is 0 Å². The van der Waals surface area contributed by atoms with Gasteiger partial charge in [0.25, 0.3) is 10.0 Å².